The van der Waals surface area contributed by atoms with Crippen LogP contribution >= 0.6 is 11.8 Å². The van der Waals surface area contributed by atoms with Crippen molar-refractivity contribution in [2.75, 3.05) is 5.75 Å². The fourth-order valence-corrected chi connectivity index (χ4v) is 2.62. The Labute approximate surface area is 88.9 Å². The Morgan fingerprint density at radius 2 is 2.14 bits per heavy atom. The van der Waals surface area contributed by atoms with Crippen LogP contribution in [0.15, 0.2) is 35.4 Å². The van der Waals surface area contributed by atoms with Crippen LogP contribution in [0.2, 0.25) is 0 Å². The molecule has 1 N–H and O–H groups in total. The van der Waals surface area contributed by atoms with Gasteiger partial charge in [-0.05, 0) is 18.2 Å². The number of benzene rings is 1. The minimum atomic E-state index is 1.22. The summed E-state index contributed by atoms with van der Waals surface area (Å²) in [7, 11) is 0. The summed E-state index contributed by atoms with van der Waals surface area (Å²) >= 11 is 1.95. The lowest BCUT2D eigenvalue weighted by Gasteiger charge is -1.97. The number of hydrogen-bond acceptors (Lipinski definition) is 1. The third-order valence-corrected chi connectivity index (χ3v) is 3.45. The fraction of sp³-hybridized carbons (Fsp3) is 0.333. The summed E-state index contributed by atoms with van der Waals surface area (Å²) in [6.07, 6.45) is 4.69. The highest BCUT2D eigenvalue weighted by molar-refractivity contribution is 7.99. The second kappa shape index (κ2) is 4.56. The van der Waals surface area contributed by atoms with Gasteiger partial charge in [0.25, 0.3) is 0 Å². The quantitative estimate of drug-likeness (QED) is 0.588. The highest BCUT2D eigenvalue weighted by Crippen LogP contribution is 2.27. The Morgan fingerprint density at radius 3 is 3.00 bits per heavy atom. The summed E-state index contributed by atoms with van der Waals surface area (Å²) in [4.78, 5) is 4.68. The molecule has 0 spiro atoms. The smallest absolute Gasteiger partial charge is 0.0465 e. The Bertz CT molecular complexity index is 405. The molecule has 74 valence electrons. The van der Waals surface area contributed by atoms with E-state index in [-0.39, 0.29) is 0 Å². The van der Waals surface area contributed by atoms with Crippen molar-refractivity contribution in [2.24, 2.45) is 0 Å². The highest BCUT2D eigenvalue weighted by atomic mass is 32.2. The van der Waals surface area contributed by atoms with Crippen molar-refractivity contribution in [1.29, 1.82) is 0 Å². The van der Waals surface area contributed by atoms with E-state index in [0.717, 1.165) is 0 Å². The average molecular weight is 205 g/mol. The number of aromatic nitrogens is 1. The van der Waals surface area contributed by atoms with Crippen molar-refractivity contribution in [3.8, 4) is 0 Å². The number of para-hydroxylation sites is 1. The fourth-order valence-electron chi connectivity index (χ4n) is 1.49. The molecule has 2 rings (SSSR count). The molecule has 0 amide bonds. The number of thioether (sulfide) groups is 1. The second-order valence-electron chi connectivity index (χ2n) is 3.40. The van der Waals surface area contributed by atoms with E-state index in [0.29, 0.717) is 0 Å². The average Bonchev–Trinajstić information content (AvgIpc) is 2.63. The molecule has 0 radical (unpaired) electrons. The van der Waals surface area contributed by atoms with Crippen LogP contribution < -0.4 is 0 Å². The molecule has 1 nitrogen and oxygen atoms in total. The maximum absolute atomic E-state index is 3.29. The zero-order chi connectivity index (χ0) is 9.80. The number of aromatic amines is 1. The number of rotatable bonds is 4. The van der Waals surface area contributed by atoms with E-state index in [2.05, 4.69) is 42.4 Å². The first-order valence-electron chi connectivity index (χ1n) is 5.10. The van der Waals surface area contributed by atoms with E-state index in [9.17, 15) is 0 Å². The van der Waals surface area contributed by atoms with Gasteiger partial charge in [0.15, 0.2) is 0 Å². The molecule has 0 fully saturated rings. The zero-order valence-corrected chi connectivity index (χ0v) is 9.23. The number of unbranched alkanes of at least 4 members (excludes halogenated alkanes) is 1. The van der Waals surface area contributed by atoms with Gasteiger partial charge in [0.1, 0.15) is 0 Å². The minimum Gasteiger partial charge on any atom is -0.360 e. The van der Waals surface area contributed by atoms with E-state index in [1.165, 1.54) is 34.4 Å². The lowest BCUT2D eigenvalue weighted by Crippen LogP contribution is -1.76. The highest BCUT2D eigenvalue weighted by Gasteiger charge is 2.01. The van der Waals surface area contributed by atoms with Gasteiger partial charge in [-0.2, -0.15) is 0 Å². The molecule has 0 aliphatic heterocycles. The van der Waals surface area contributed by atoms with E-state index >= 15 is 0 Å². The van der Waals surface area contributed by atoms with Gasteiger partial charge in [-0.15, -0.1) is 11.8 Å². The molecule has 0 saturated heterocycles. The number of nitrogens with one attached hydrogen (secondary N) is 1. The molecule has 1 heterocycles. The van der Waals surface area contributed by atoms with Crippen LogP contribution in [0.1, 0.15) is 19.8 Å². The van der Waals surface area contributed by atoms with Gasteiger partial charge in [-0.25, -0.2) is 0 Å². The predicted molar refractivity (Wildman–Crippen MR) is 63.9 cm³/mol. The second-order valence-corrected chi connectivity index (χ2v) is 4.54. The summed E-state index contributed by atoms with van der Waals surface area (Å²) in [6.45, 7) is 2.23. The lowest BCUT2D eigenvalue weighted by atomic mass is 10.2. The van der Waals surface area contributed by atoms with Crippen LogP contribution in [0.3, 0.4) is 0 Å². The lowest BCUT2D eigenvalue weighted by molar-refractivity contribution is 0.896. The molecule has 0 saturated carbocycles. The Hall–Kier alpha value is -0.890. The van der Waals surface area contributed by atoms with E-state index in [1.54, 1.807) is 0 Å². The van der Waals surface area contributed by atoms with Crippen LogP contribution in [0, 0.1) is 0 Å². The van der Waals surface area contributed by atoms with Crippen molar-refractivity contribution >= 4 is 22.7 Å². The van der Waals surface area contributed by atoms with Gasteiger partial charge in [-0.1, -0.05) is 31.5 Å². The van der Waals surface area contributed by atoms with Crippen molar-refractivity contribution in [3.63, 3.8) is 0 Å². The largest absolute Gasteiger partial charge is 0.360 e. The molecule has 0 atom stereocenters. The van der Waals surface area contributed by atoms with E-state index in [1.807, 2.05) is 11.8 Å². The van der Waals surface area contributed by atoms with Crippen LogP contribution in [-0.4, -0.2) is 10.7 Å². The normalized spacial score (nSPS) is 10.9. The first-order valence-corrected chi connectivity index (χ1v) is 6.09. The van der Waals surface area contributed by atoms with Gasteiger partial charge in [0.2, 0.25) is 0 Å². The first kappa shape index (κ1) is 9.66. The molecule has 1 aromatic heterocycles. The van der Waals surface area contributed by atoms with Gasteiger partial charge >= 0.3 is 0 Å². The number of fused-ring (bicyclic) bond motifs is 1. The summed E-state index contributed by atoms with van der Waals surface area (Å²) in [5.74, 6) is 1.22. The van der Waals surface area contributed by atoms with Gasteiger partial charge in [-0.3, -0.25) is 0 Å². The molecule has 2 heteroatoms. The van der Waals surface area contributed by atoms with Crippen molar-refractivity contribution in [3.05, 3.63) is 30.5 Å². The predicted octanol–water partition coefficient (Wildman–Crippen LogP) is 4.06. The standard InChI is InChI=1S/C12H15NS/c1-2-3-8-14-12-9-13-11-7-5-4-6-10(11)12/h4-7,9,13H,2-3,8H2,1H3. The third-order valence-electron chi connectivity index (χ3n) is 2.31. The van der Waals surface area contributed by atoms with Crippen molar-refractivity contribution < 1.29 is 0 Å². The SMILES string of the molecule is CCCCSc1c[nH]c2ccccc12. The van der Waals surface area contributed by atoms with Crippen LogP contribution in [0.5, 0.6) is 0 Å². The van der Waals surface area contributed by atoms with Crippen molar-refractivity contribution in [1.82, 2.24) is 4.98 Å². The van der Waals surface area contributed by atoms with Gasteiger partial charge in [0, 0.05) is 22.0 Å². The van der Waals surface area contributed by atoms with Crippen LogP contribution in [0.25, 0.3) is 10.9 Å². The zero-order valence-electron chi connectivity index (χ0n) is 8.42. The van der Waals surface area contributed by atoms with Gasteiger partial charge in [0.05, 0.1) is 0 Å². The van der Waals surface area contributed by atoms with Crippen LogP contribution in [-0.2, 0) is 0 Å². The third kappa shape index (κ3) is 1.95. The summed E-state index contributed by atoms with van der Waals surface area (Å²) in [5, 5.41) is 1.36. The summed E-state index contributed by atoms with van der Waals surface area (Å²) < 4.78 is 0. The van der Waals surface area contributed by atoms with Gasteiger partial charge < -0.3 is 4.98 Å². The Morgan fingerprint density at radius 1 is 1.29 bits per heavy atom. The minimum absolute atomic E-state index is 1.22. The monoisotopic (exact) mass is 205 g/mol. The van der Waals surface area contributed by atoms with Crippen molar-refractivity contribution in [2.45, 2.75) is 24.7 Å². The van der Waals surface area contributed by atoms with E-state index < -0.39 is 0 Å². The number of H-pyrrole nitrogens is 1. The molecule has 1 aromatic carbocycles. The molecular formula is C12H15NS. The Balaban J connectivity index is 2.17. The number of hydrogen-bond donors (Lipinski definition) is 1. The van der Waals surface area contributed by atoms with E-state index in [4.69, 9.17) is 0 Å². The molecule has 0 aliphatic carbocycles. The molecule has 0 aliphatic rings. The maximum Gasteiger partial charge on any atom is 0.0465 e. The molecule has 2 aromatic rings. The summed E-state index contributed by atoms with van der Waals surface area (Å²) in [5.41, 5.74) is 1.24. The summed E-state index contributed by atoms with van der Waals surface area (Å²) in [6, 6.07) is 8.47. The molecular weight excluding hydrogens is 190 g/mol. The first-order chi connectivity index (χ1) is 6.92. The molecule has 0 bridgehead atoms. The Kier molecular flexibility index (Phi) is 3.14. The maximum atomic E-state index is 3.29. The van der Waals surface area contributed by atoms with Crippen LogP contribution in [0.4, 0.5) is 0 Å². The topological polar surface area (TPSA) is 15.8 Å². The molecule has 14 heavy (non-hydrogen) atoms. The molecule has 0 unspecified atom stereocenters.